The van der Waals surface area contributed by atoms with Crippen LogP contribution in [0.1, 0.15) is 37.0 Å². The summed E-state index contributed by atoms with van der Waals surface area (Å²) in [6.07, 6.45) is 1.76. The van der Waals surface area contributed by atoms with Gasteiger partial charge >= 0.3 is 5.97 Å². The number of rotatable bonds is 7. The Kier molecular flexibility index (Phi) is 6.78. The van der Waals surface area contributed by atoms with Crippen LogP contribution in [0.15, 0.2) is 18.2 Å². The average molecular weight is 329 g/mol. The highest BCUT2D eigenvalue weighted by molar-refractivity contribution is 6.33. The number of halogens is 1. The fourth-order valence-electron chi connectivity index (χ4n) is 1.81. The van der Waals surface area contributed by atoms with Gasteiger partial charge in [0.05, 0.1) is 15.5 Å². The summed E-state index contributed by atoms with van der Waals surface area (Å²) in [6.45, 7) is 3.43. The highest BCUT2D eigenvalue weighted by Gasteiger charge is 2.17. The summed E-state index contributed by atoms with van der Waals surface area (Å²) >= 11 is 5.80. The van der Waals surface area contributed by atoms with Crippen molar-refractivity contribution in [3.05, 3.63) is 38.9 Å². The third-order valence-corrected chi connectivity index (χ3v) is 3.16. The summed E-state index contributed by atoms with van der Waals surface area (Å²) in [5.41, 5.74) is -0.255. The van der Waals surface area contributed by atoms with Crippen molar-refractivity contribution in [1.82, 2.24) is 5.32 Å². The van der Waals surface area contributed by atoms with E-state index in [0.717, 1.165) is 25.0 Å². The summed E-state index contributed by atoms with van der Waals surface area (Å²) in [4.78, 5) is 33.3. The van der Waals surface area contributed by atoms with Crippen molar-refractivity contribution in [3.8, 4) is 0 Å². The smallest absolute Gasteiger partial charge is 0.340 e. The molecule has 8 heteroatoms. The van der Waals surface area contributed by atoms with Gasteiger partial charge in [-0.1, -0.05) is 24.9 Å². The van der Waals surface area contributed by atoms with Crippen molar-refractivity contribution in [2.24, 2.45) is 0 Å². The Morgan fingerprint density at radius 2 is 2.14 bits per heavy atom. The molecule has 0 radical (unpaired) electrons. The van der Waals surface area contributed by atoms with Crippen LogP contribution in [0.25, 0.3) is 0 Å². The summed E-state index contributed by atoms with van der Waals surface area (Å²) in [7, 11) is 0. The van der Waals surface area contributed by atoms with E-state index in [4.69, 9.17) is 16.3 Å². The lowest BCUT2D eigenvalue weighted by molar-refractivity contribution is -0.384. The zero-order valence-electron chi connectivity index (χ0n) is 12.3. The quantitative estimate of drug-likeness (QED) is 0.471. The molecule has 1 aromatic rings. The first-order chi connectivity index (χ1) is 10.3. The molecule has 1 aromatic carbocycles. The molecule has 0 aliphatic rings. The Morgan fingerprint density at radius 3 is 2.68 bits per heavy atom. The van der Waals surface area contributed by atoms with Crippen LogP contribution in [0.5, 0.6) is 0 Å². The fourth-order valence-corrected chi connectivity index (χ4v) is 2.07. The van der Waals surface area contributed by atoms with E-state index in [2.05, 4.69) is 5.32 Å². The maximum atomic E-state index is 11.8. The minimum Gasteiger partial charge on any atom is -0.452 e. The Labute approximate surface area is 132 Å². The number of ether oxygens (including phenoxy) is 1. The third kappa shape index (κ3) is 5.33. The van der Waals surface area contributed by atoms with Gasteiger partial charge in [-0.25, -0.2) is 4.79 Å². The molecule has 0 aliphatic heterocycles. The molecular formula is C14H17ClN2O5. The fraction of sp³-hybridized carbons (Fsp3) is 0.429. The molecule has 1 N–H and O–H groups in total. The molecule has 0 spiro atoms. The predicted octanol–water partition coefficient (Wildman–Crippen LogP) is 2.71. The highest BCUT2D eigenvalue weighted by Crippen LogP contribution is 2.23. The van der Waals surface area contributed by atoms with E-state index in [1.807, 2.05) is 13.8 Å². The van der Waals surface area contributed by atoms with Gasteiger partial charge in [0.1, 0.15) is 0 Å². The Balaban J connectivity index is 2.59. The van der Waals surface area contributed by atoms with Crippen molar-refractivity contribution in [3.63, 3.8) is 0 Å². The van der Waals surface area contributed by atoms with Crippen LogP contribution in [0.2, 0.25) is 5.02 Å². The summed E-state index contributed by atoms with van der Waals surface area (Å²) in [5.74, 6) is -1.22. The third-order valence-electron chi connectivity index (χ3n) is 2.85. The lowest BCUT2D eigenvalue weighted by atomic mass is 10.2. The number of amides is 1. The summed E-state index contributed by atoms with van der Waals surface area (Å²) in [6, 6.07) is 3.40. The molecular weight excluding hydrogens is 312 g/mol. The Hall–Kier alpha value is -2.15. The molecule has 0 fully saturated rings. The SMILES string of the molecule is CCCC(C)NC(=O)COC(=O)c1ccc([N+](=O)[O-])cc1Cl. The lowest BCUT2D eigenvalue weighted by Gasteiger charge is -2.12. The first kappa shape index (κ1) is 17.9. The molecule has 22 heavy (non-hydrogen) atoms. The van der Waals surface area contributed by atoms with Crippen molar-refractivity contribution in [2.75, 3.05) is 6.61 Å². The van der Waals surface area contributed by atoms with Crippen molar-refractivity contribution >= 4 is 29.2 Å². The van der Waals surface area contributed by atoms with Crippen LogP contribution in [0.4, 0.5) is 5.69 Å². The predicted molar refractivity (Wildman–Crippen MR) is 80.9 cm³/mol. The standard InChI is InChI=1S/C14H17ClN2O5/c1-3-4-9(2)16-13(18)8-22-14(19)11-6-5-10(17(20)21)7-12(11)15/h5-7,9H,3-4,8H2,1-2H3,(H,16,18). The van der Waals surface area contributed by atoms with Gasteiger partial charge in [0.15, 0.2) is 6.61 Å². The van der Waals surface area contributed by atoms with Crippen LogP contribution in [-0.2, 0) is 9.53 Å². The van der Waals surface area contributed by atoms with E-state index in [-0.39, 0.29) is 22.3 Å². The Morgan fingerprint density at radius 1 is 1.45 bits per heavy atom. The number of benzene rings is 1. The van der Waals surface area contributed by atoms with Crippen LogP contribution < -0.4 is 5.32 Å². The largest absolute Gasteiger partial charge is 0.452 e. The van der Waals surface area contributed by atoms with Gasteiger partial charge in [0.25, 0.3) is 11.6 Å². The first-order valence-corrected chi connectivity index (χ1v) is 7.13. The van der Waals surface area contributed by atoms with Crippen LogP contribution in [0, 0.1) is 10.1 Å². The molecule has 0 saturated carbocycles. The highest BCUT2D eigenvalue weighted by atomic mass is 35.5. The molecule has 1 unspecified atom stereocenters. The molecule has 0 heterocycles. The normalized spacial score (nSPS) is 11.6. The zero-order chi connectivity index (χ0) is 16.7. The number of nitrogens with zero attached hydrogens (tertiary/aromatic N) is 1. The second-order valence-corrected chi connectivity index (χ2v) is 5.16. The van der Waals surface area contributed by atoms with Crippen molar-refractivity contribution < 1.29 is 19.2 Å². The second-order valence-electron chi connectivity index (χ2n) is 4.75. The molecule has 0 aliphatic carbocycles. The molecule has 0 aromatic heterocycles. The summed E-state index contributed by atoms with van der Waals surface area (Å²) in [5, 5.41) is 13.2. The van der Waals surface area contributed by atoms with Crippen LogP contribution in [0.3, 0.4) is 0 Å². The number of nitro benzene ring substituents is 1. The average Bonchev–Trinajstić information content (AvgIpc) is 2.44. The van der Waals surface area contributed by atoms with Gasteiger partial charge < -0.3 is 10.1 Å². The molecule has 0 saturated heterocycles. The number of hydrogen-bond donors (Lipinski definition) is 1. The maximum Gasteiger partial charge on any atom is 0.340 e. The minimum absolute atomic E-state index is 0.000773. The van der Waals surface area contributed by atoms with Crippen LogP contribution >= 0.6 is 11.6 Å². The van der Waals surface area contributed by atoms with Gasteiger partial charge in [-0.05, 0) is 19.4 Å². The molecule has 1 amide bonds. The summed E-state index contributed by atoms with van der Waals surface area (Å²) < 4.78 is 4.84. The molecule has 7 nitrogen and oxygen atoms in total. The van der Waals surface area contributed by atoms with E-state index >= 15 is 0 Å². The number of nitrogens with one attached hydrogen (secondary N) is 1. The number of non-ortho nitro benzene ring substituents is 1. The first-order valence-electron chi connectivity index (χ1n) is 6.75. The molecule has 1 rings (SSSR count). The number of esters is 1. The van der Waals surface area contributed by atoms with E-state index in [9.17, 15) is 19.7 Å². The van der Waals surface area contributed by atoms with Crippen LogP contribution in [-0.4, -0.2) is 29.4 Å². The van der Waals surface area contributed by atoms with E-state index < -0.39 is 23.4 Å². The van der Waals surface area contributed by atoms with Gasteiger partial charge in [-0.3, -0.25) is 14.9 Å². The maximum absolute atomic E-state index is 11.8. The molecule has 1 atom stereocenters. The lowest BCUT2D eigenvalue weighted by Crippen LogP contribution is -2.35. The minimum atomic E-state index is -0.807. The van der Waals surface area contributed by atoms with E-state index in [0.29, 0.717) is 0 Å². The Bertz CT molecular complexity index is 576. The number of nitro groups is 1. The van der Waals surface area contributed by atoms with Gasteiger partial charge in [-0.15, -0.1) is 0 Å². The number of carbonyl (C=O) groups is 2. The van der Waals surface area contributed by atoms with Crippen molar-refractivity contribution in [1.29, 1.82) is 0 Å². The number of hydrogen-bond acceptors (Lipinski definition) is 5. The number of carbonyl (C=O) groups excluding carboxylic acids is 2. The van der Waals surface area contributed by atoms with E-state index in [1.54, 1.807) is 0 Å². The second kappa shape index (κ2) is 8.33. The zero-order valence-corrected chi connectivity index (χ0v) is 13.1. The topological polar surface area (TPSA) is 98.5 Å². The van der Waals surface area contributed by atoms with E-state index in [1.165, 1.54) is 6.07 Å². The van der Waals surface area contributed by atoms with Gasteiger partial charge in [0.2, 0.25) is 0 Å². The van der Waals surface area contributed by atoms with Gasteiger partial charge in [-0.2, -0.15) is 0 Å². The van der Waals surface area contributed by atoms with Gasteiger partial charge in [0, 0.05) is 18.2 Å². The molecule has 120 valence electrons. The monoisotopic (exact) mass is 328 g/mol. The van der Waals surface area contributed by atoms with Crippen molar-refractivity contribution in [2.45, 2.75) is 32.7 Å². The molecule has 0 bridgehead atoms.